The largest absolute Gasteiger partial charge is 0.501 e. The molecule has 0 aliphatic rings. The van der Waals surface area contributed by atoms with E-state index in [1.165, 1.54) is 0 Å². The molecule has 0 bridgehead atoms. The third-order valence-corrected chi connectivity index (χ3v) is 4.82. The summed E-state index contributed by atoms with van der Waals surface area (Å²) < 4.78 is 73.9. The van der Waals surface area contributed by atoms with Gasteiger partial charge in [-0.2, -0.15) is 13.2 Å². The minimum absolute atomic E-state index is 0.108. The van der Waals surface area contributed by atoms with Crippen LogP contribution in [0.5, 0.6) is 0 Å². The SMILES string of the molecule is CC(C)C(C)CNc1ccc(F)cc1S(=O)(=O)C(F)(F)F. The zero-order chi connectivity index (χ0) is 16.4. The Balaban J connectivity index is 3.18. The molecule has 0 aromatic heterocycles. The van der Waals surface area contributed by atoms with Gasteiger partial charge in [0.05, 0.1) is 5.69 Å². The molecular formula is C13H17F4NO2S. The van der Waals surface area contributed by atoms with Crippen molar-refractivity contribution in [1.82, 2.24) is 0 Å². The molecule has 0 aliphatic heterocycles. The van der Waals surface area contributed by atoms with Gasteiger partial charge in [0.2, 0.25) is 0 Å². The van der Waals surface area contributed by atoms with Crippen LogP contribution in [-0.2, 0) is 9.84 Å². The highest BCUT2D eigenvalue weighted by atomic mass is 32.2. The molecule has 0 spiro atoms. The highest BCUT2D eigenvalue weighted by Crippen LogP contribution is 2.34. The lowest BCUT2D eigenvalue weighted by Crippen LogP contribution is -2.25. The second-order valence-electron chi connectivity index (χ2n) is 5.19. The van der Waals surface area contributed by atoms with Crippen LogP contribution in [0.3, 0.4) is 0 Å². The third-order valence-electron chi connectivity index (χ3n) is 3.29. The van der Waals surface area contributed by atoms with E-state index in [-0.39, 0.29) is 24.1 Å². The fourth-order valence-corrected chi connectivity index (χ4v) is 2.44. The summed E-state index contributed by atoms with van der Waals surface area (Å²) in [6, 6.07) is 2.30. The molecule has 1 N–H and O–H groups in total. The predicted molar refractivity (Wildman–Crippen MR) is 72.1 cm³/mol. The number of hydrogen-bond acceptors (Lipinski definition) is 3. The molecule has 0 fully saturated rings. The normalized spacial score (nSPS) is 14.3. The van der Waals surface area contributed by atoms with Crippen LogP contribution in [-0.4, -0.2) is 20.5 Å². The number of anilines is 1. The summed E-state index contributed by atoms with van der Waals surface area (Å²) in [5, 5.41) is 2.65. The fourth-order valence-electron chi connectivity index (χ4n) is 1.50. The van der Waals surface area contributed by atoms with Gasteiger partial charge in [-0.15, -0.1) is 0 Å². The van der Waals surface area contributed by atoms with Gasteiger partial charge in [0.1, 0.15) is 10.7 Å². The number of hydrogen-bond donors (Lipinski definition) is 1. The molecule has 120 valence electrons. The lowest BCUT2D eigenvalue weighted by Gasteiger charge is -2.19. The minimum atomic E-state index is -5.60. The van der Waals surface area contributed by atoms with E-state index in [2.05, 4.69) is 5.32 Å². The van der Waals surface area contributed by atoms with Gasteiger partial charge in [-0.3, -0.25) is 0 Å². The van der Waals surface area contributed by atoms with Gasteiger partial charge in [0.25, 0.3) is 9.84 Å². The van der Waals surface area contributed by atoms with Crippen LogP contribution in [0.1, 0.15) is 20.8 Å². The molecular weight excluding hydrogens is 310 g/mol. The molecule has 1 aromatic rings. The van der Waals surface area contributed by atoms with E-state index in [0.29, 0.717) is 6.07 Å². The van der Waals surface area contributed by atoms with Crippen molar-refractivity contribution in [2.75, 3.05) is 11.9 Å². The Labute approximate surface area is 121 Å². The van der Waals surface area contributed by atoms with Gasteiger partial charge < -0.3 is 5.32 Å². The van der Waals surface area contributed by atoms with Crippen molar-refractivity contribution in [2.24, 2.45) is 11.8 Å². The van der Waals surface area contributed by atoms with Gasteiger partial charge in [0.15, 0.2) is 0 Å². The zero-order valence-corrected chi connectivity index (χ0v) is 12.6. The van der Waals surface area contributed by atoms with Crippen molar-refractivity contribution >= 4 is 15.5 Å². The molecule has 0 aliphatic carbocycles. The van der Waals surface area contributed by atoms with Gasteiger partial charge in [-0.1, -0.05) is 20.8 Å². The quantitative estimate of drug-likeness (QED) is 0.836. The molecule has 3 nitrogen and oxygen atoms in total. The van der Waals surface area contributed by atoms with E-state index in [1.807, 2.05) is 20.8 Å². The van der Waals surface area contributed by atoms with Crippen molar-refractivity contribution in [3.8, 4) is 0 Å². The van der Waals surface area contributed by atoms with Gasteiger partial charge in [-0.25, -0.2) is 12.8 Å². The number of rotatable bonds is 5. The molecule has 0 radical (unpaired) electrons. The third kappa shape index (κ3) is 4.09. The molecule has 1 aromatic carbocycles. The van der Waals surface area contributed by atoms with E-state index >= 15 is 0 Å². The van der Waals surface area contributed by atoms with Gasteiger partial charge in [-0.05, 0) is 30.0 Å². The molecule has 1 unspecified atom stereocenters. The standard InChI is InChI=1S/C13H17F4NO2S/c1-8(2)9(3)7-18-11-5-4-10(14)6-12(11)21(19,20)13(15,16)17/h4-6,8-9,18H,7H2,1-3H3. The monoisotopic (exact) mass is 327 g/mol. The number of sulfone groups is 1. The van der Waals surface area contributed by atoms with Gasteiger partial charge in [0, 0.05) is 6.54 Å². The lowest BCUT2D eigenvalue weighted by atomic mass is 9.98. The van der Waals surface area contributed by atoms with Crippen molar-refractivity contribution in [3.05, 3.63) is 24.0 Å². The summed E-state index contributed by atoms with van der Waals surface area (Å²) in [4.78, 5) is -1.09. The van der Waals surface area contributed by atoms with Crippen LogP contribution >= 0.6 is 0 Å². The second kappa shape index (κ2) is 6.21. The minimum Gasteiger partial charge on any atom is -0.384 e. The van der Waals surface area contributed by atoms with Crippen LogP contribution in [0, 0.1) is 17.7 Å². The molecule has 1 atom stereocenters. The fraction of sp³-hybridized carbons (Fsp3) is 0.538. The van der Waals surface area contributed by atoms with Crippen molar-refractivity contribution in [2.45, 2.75) is 31.2 Å². The topological polar surface area (TPSA) is 46.2 Å². The number of halogens is 4. The van der Waals surface area contributed by atoms with E-state index in [9.17, 15) is 26.0 Å². The first-order valence-corrected chi connectivity index (χ1v) is 7.80. The predicted octanol–water partition coefficient (Wildman–Crippen LogP) is 3.82. The first-order chi connectivity index (χ1) is 9.46. The van der Waals surface area contributed by atoms with E-state index in [1.54, 1.807) is 0 Å². The van der Waals surface area contributed by atoms with Crippen molar-refractivity contribution < 1.29 is 26.0 Å². The number of nitrogens with one attached hydrogen (secondary N) is 1. The highest BCUT2D eigenvalue weighted by Gasteiger charge is 2.48. The zero-order valence-electron chi connectivity index (χ0n) is 11.8. The first kappa shape index (κ1) is 17.7. The Morgan fingerprint density at radius 2 is 1.76 bits per heavy atom. The molecule has 0 heterocycles. The van der Waals surface area contributed by atoms with E-state index in [4.69, 9.17) is 0 Å². The number of alkyl halides is 3. The summed E-state index contributed by atoms with van der Waals surface area (Å²) in [6.45, 7) is 6.03. The second-order valence-corrected chi connectivity index (χ2v) is 7.10. The van der Waals surface area contributed by atoms with Crippen molar-refractivity contribution in [1.29, 1.82) is 0 Å². The van der Waals surface area contributed by atoms with E-state index < -0.39 is 26.1 Å². The molecule has 0 saturated carbocycles. The Morgan fingerprint density at radius 3 is 2.24 bits per heavy atom. The Kier molecular flexibility index (Phi) is 5.25. The number of benzene rings is 1. The first-order valence-electron chi connectivity index (χ1n) is 6.31. The highest BCUT2D eigenvalue weighted by molar-refractivity contribution is 7.92. The maximum Gasteiger partial charge on any atom is 0.501 e. The van der Waals surface area contributed by atoms with Crippen LogP contribution in [0.15, 0.2) is 23.1 Å². The summed E-state index contributed by atoms with van der Waals surface area (Å²) in [5.74, 6) is -0.669. The molecule has 21 heavy (non-hydrogen) atoms. The summed E-state index contributed by atoms with van der Waals surface area (Å²) in [5.41, 5.74) is -5.72. The summed E-state index contributed by atoms with van der Waals surface area (Å²) in [6.07, 6.45) is 0. The lowest BCUT2D eigenvalue weighted by molar-refractivity contribution is -0.0435. The van der Waals surface area contributed by atoms with Crippen LogP contribution in [0.25, 0.3) is 0 Å². The smallest absolute Gasteiger partial charge is 0.384 e. The molecule has 8 heteroatoms. The maximum absolute atomic E-state index is 13.1. The molecule has 0 amide bonds. The average molecular weight is 327 g/mol. The van der Waals surface area contributed by atoms with Crippen LogP contribution in [0.2, 0.25) is 0 Å². The Morgan fingerprint density at radius 1 is 1.19 bits per heavy atom. The van der Waals surface area contributed by atoms with E-state index in [0.717, 1.165) is 12.1 Å². The maximum atomic E-state index is 13.1. The van der Waals surface area contributed by atoms with Gasteiger partial charge >= 0.3 is 5.51 Å². The molecule has 0 saturated heterocycles. The average Bonchev–Trinajstić information content (AvgIpc) is 2.35. The van der Waals surface area contributed by atoms with Crippen LogP contribution in [0.4, 0.5) is 23.2 Å². The molecule has 1 rings (SSSR count). The summed E-state index contributed by atoms with van der Waals surface area (Å²) in [7, 11) is -5.60. The van der Waals surface area contributed by atoms with Crippen LogP contribution < -0.4 is 5.32 Å². The Bertz CT molecular complexity index is 597. The Hall–Kier alpha value is -1.31. The van der Waals surface area contributed by atoms with Crippen molar-refractivity contribution in [3.63, 3.8) is 0 Å². The summed E-state index contributed by atoms with van der Waals surface area (Å²) >= 11 is 0.